The zero-order valence-corrected chi connectivity index (χ0v) is 9.49. The Morgan fingerprint density at radius 3 is 2.62 bits per heavy atom. The molecule has 0 unspecified atom stereocenters. The van der Waals surface area contributed by atoms with E-state index in [1.54, 1.807) is 0 Å². The topological polar surface area (TPSA) is 35.0 Å². The van der Waals surface area contributed by atoms with E-state index in [4.69, 9.17) is 4.74 Å². The van der Waals surface area contributed by atoms with Gasteiger partial charge in [0.2, 0.25) is 0 Å². The summed E-state index contributed by atoms with van der Waals surface area (Å²) in [6, 6.07) is 2.78. The molecule has 0 fully saturated rings. The third-order valence-electron chi connectivity index (χ3n) is 2.47. The molecule has 0 radical (unpaired) electrons. The van der Waals surface area contributed by atoms with E-state index in [0.717, 1.165) is 5.69 Å². The number of aromatic nitrogens is 2. The zero-order chi connectivity index (χ0) is 11.7. The van der Waals surface area contributed by atoms with Crippen LogP contribution in [0.1, 0.15) is 25.5 Å². The van der Waals surface area contributed by atoms with Crippen LogP contribution in [0.25, 0.3) is 10.9 Å². The number of halogens is 1. The zero-order valence-electron chi connectivity index (χ0n) is 9.49. The molecule has 0 aliphatic heterocycles. The molecule has 0 aliphatic carbocycles. The molecular weight excluding hydrogens is 207 g/mol. The number of hydrogen-bond donors (Lipinski definition) is 0. The Hall–Kier alpha value is -1.71. The number of nitrogens with zero attached hydrogens (tertiary/aromatic N) is 2. The highest BCUT2D eigenvalue weighted by Crippen LogP contribution is 2.29. The van der Waals surface area contributed by atoms with Crippen LogP contribution < -0.4 is 4.74 Å². The molecule has 0 aliphatic rings. The minimum Gasteiger partial charge on any atom is -0.494 e. The molecule has 1 aromatic heterocycles. The molecule has 0 N–H and O–H groups in total. The number of benzene rings is 1. The molecule has 0 amide bonds. The average molecular weight is 220 g/mol. The van der Waals surface area contributed by atoms with Gasteiger partial charge in [0.1, 0.15) is 23.4 Å². The van der Waals surface area contributed by atoms with Gasteiger partial charge in [-0.15, -0.1) is 0 Å². The molecule has 2 aromatic rings. The maximum atomic E-state index is 13.4. The van der Waals surface area contributed by atoms with Crippen LogP contribution in [0.4, 0.5) is 4.39 Å². The van der Waals surface area contributed by atoms with Gasteiger partial charge in [-0.1, -0.05) is 13.8 Å². The van der Waals surface area contributed by atoms with Crippen molar-refractivity contribution in [1.82, 2.24) is 9.97 Å². The van der Waals surface area contributed by atoms with E-state index < -0.39 is 0 Å². The Bertz CT molecular complexity index is 526. The first kappa shape index (κ1) is 10.8. The van der Waals surface area contributed by atoms with Gasteiger partial charge in [-0.3, -0.25) is 0 Å². The monoisotopic (exact) mass is 220 g/mol. The first-order valence-corrected chi connectivity index (χ1v) is 5.11. The van der Waals surface area contributed by atoms with E-state index in [0.29, 0.717) is 16.7 Å². The lowest BCUT2D eigenvalue weighted by Gasteiger charge is -2.10. The molecule has 1 aromatic carbocycles. The Morgan fingerprint density at radius 1 is 1.25 bits per heavy atom. The summed E-state index contributed by atoms with van der Waals surface area (Å²) in [5.74, 6) is 0.331. The van der Waals surface area contributed by atoms with Gasteiger partial charge >= 0.3 is 0 Å². The first-order valence-electron chi connectivity index (χ1n) is 5.11. The Kier molecular flexibility index (Phi) is 2.73. The van der Waals surface area contributed by atoms with Crippen LogP contribution in [-0.4, -0.2) is 17.1 Å². The second kappa shape index (κ2) is 4.04. The first-order chi connectivity index (χ1) is 7.63. The molecule has 2 rings (SSSR count). The van der Waals surface area contributed by atoms with Gasteiger partial charge in [0.15, 0.2) is 0 Å². The number of ether oxygens (including phenoxy) is 1. The van der Waals surface area contributed by atoms with Crippen molar-refractivity contribution >= 4 is 10.9 Å². The number of hydrogen-bond acceptors (Lipinski definition) is 3. The molecule has 0 saturated carbocycles. The van der Waals surface area contributed by atoms with E-state index >= 15 is 0 Å². The van der Waals surface area contributed by atoms with Crippen molar-refractivity contribution in [3.8, 4) is 5.75 Å². The van der Waals surface area contributed by atoms with E-state index in [1.807, 2.05) is 13.8 Å². The number of rotatable bonds is 2. The molecule has 3 nitrogen and oxygen atoms in total. The largest absolute Gasteiger partial charge is 0.494 e. The van der Waals surface area contributed by atoms with Gasteiger partial charge in [0, 0.05) is 11.5 Å². The predicted octanol–water partition coefficient (Wildman–Crippen LogP) is 2.90. The lowest BCUT2D eigenvalue weighted by atomic mass is 10.0. The average Bonchev–Trinajstić information content (AvgIpc) is 2.26. The molecular formula is C12H13FN2O. The summed E-state index contributed by atoms with van der Waals surface area (Å²) in [6.07, 6.45) is 1.48. The van der Waals surface area contributed by atoms with Gasteiger partial charge in [0.25, 0.3) is 0 Å². The van der Waals surface area contributed by atoms with Crippen LogP contribution in [0, 0.1) is 5.82 Å². The molecule has 0 spiro atoms. The van der Waals surface area contributed by atoms with Crippen LogP contribution in [0.15, 0.2) is 18.5 Å². The third-order valence-corrected chi connectivity index (χ3v) is 2.47. The van der Waals surface area contributed by atoms with Crippen LogP contribution >= 0.6 is 0 Å². The SMILES string of the molecule is COc1cc(F)cc2c(C(C)C)ncnc12. The minimum atomic E-state index is -0.332. The van der Waals surface area contributed by atoms with Crippen molar-refractivity contribution in [2.24, 2.45) is 0 Å². The van der Waals surface area contributed by atoms with Gasteiger partial charge in [-0.2, -0.15) is 0 Å². The lowest BCUT2D eigenvalue weighted by Crippen LogP contribution is -1.98. The quantitative estimate of drug-likeness (QED) is 0.780. The van der Waals surface area contributed by atoms with Crippen molar-refractivity contribution in [3.63, 3.8) is 0 Å². The summed E-state index contributed by atoms with van der Waals surface area (Å²) < 4.78 is 18.5. The maximum absolute atomic E-state index is 13.4. The fourth-order valence-electron chi connectivity index (χ4n) is 1.74. The summed E-state index contributed by atoms with van der Waals surface area (Å²) in [6.45, 7) is 4.03. The molecule has 0 saturated heterocycles. The normalized spacial score (nSPS) is 11.1. The summed E-state index contributed by atoms with van der Waals surface area (Å²) in [4.78, 5) is 8.32. The smallest absolute Gasteiger partial charge is 0.148 e. The van der Waals surface area contributed by atoms with Crippen molar-refractivity contribution < 1.29 is 9.13 Å². The van der Waals surface area contributed by atoms with Gasteiger partial charge in [-0.25, -0.2) is 14.4 Å². The lowest BCUT2D eigenvalue weighted by molar-refractivity contribution is 0.415. The Labute approximate surface area is 93.3 Å². The molecule has 0 atom stereocenters. The summed E-state index contributed by atoms with van der Waals surface area (Å²) in [7, 11) is 1.51. The number of methoxy groups -OCH3 is 1. The molecule has 4 heteroatoms. The fourth-order valence-corrected chi connectivity index (χ4v) is 1.74. The summed E-state index contributed by atoms with van der Waals surface area (Å²) in [5, 5.41) is 0.717. The van der Waals surface area contributed by atoms with Crippen LogP contribution in [0.5, 0.6) is 5.75 Å². The standard InChI is InChI=1S/C12H13FN2O/c1-7(2)11-9-4-8(13)5-10(16-3)12(9)15-6-14-11/h4-7H,1-3H3. The van der Waals surface area contributed by atoms with Crippen LogP contribution in [0.2, 0.25) is 0 Å². The fraction of sp³-hybridized carbons (Fsp3) is 0.333. The van der Waals surface area contributed by atoms with E-state index in [1.165, 1.54) is 25.6 Å². The minimum absolute atomic E-state index is 0.219. The highest BCUT2D eigenvalue weighted by atomic mass is 19.1. The second-order valence-corrected chi connectivity index (χ2v) is 3.92. The Balaban J connectivity index is 2.82. The van der Waals surface area contributed by atoms with Gasteiger partial charge in [0.05, 0.1) is 12.8 Å². The molecule has 1 heterocycles. The number of fused-ring (bicyclic) bond motifs is 1. The Morgan fingerprint density at radius 2 is 2.00 bits per heavy atom. The van der Waals surface area contributed by atoms with Crippen molar-refractivity contribution in [3.05, 3.63) is 30.0 Å². The van der Waals surface area contributed by atoms with Crippen molar-refractivity contribution in [2.45, 2.75) is 19.8 Å². The maximum Gasteiger partial charge on any atom is 0.148 e. The summed E-state index contributed by atoms with van der Waals surface area (Å²) >= 11 is 0. The second-order valence-electron chi connectivity index (χ2n) is 3.92. The van der Waals surface area contributed by atoms with E-state index in [2.05, 4.69) is 9.97 Å². The molecule has 0 bridgehead atoms. The summed E-state index contributed by atoms with van der Waals surface area (Å²) in [5.41, 5.74) is 1.49. The highest BCUT2D eigenvalue weighted by Gasteiger charge is 2.12. The van der Waals surface area contributed by atoms with E-state index in [9.17, 15) is 4.39 Å². The molecule has 84 valence electrons. The third kappa shape index (κ3) is 1.71. The van der Waals surface area contributed by atoms with Gasteiger partial charge < -0.3 is 4.74 Å². The highest BCUT2D eigenvalue weighted by molar-refractivity contribution is 5.86. The van der Waals surface area contributed by atoms with Crippen LogP contribution in [-0.2, 0) is 0 Å². The van der Waals surface area contributed by atoms with E-state index in [-0.39, 0.29) is 11.7 Å². The van der Waals surface area contributed by atoms with Crippen molar-refractivity contribution in [2.75, 3.05) is 7.11 Å². The van der Waals surface area contributed by atoms with Crippen molar-refractivity contribution in [1.29, 1.82) is 0 Å². The predicted molar refractivity (Wildman–Crippen MR) is 60.1 cm³/mol. The van der Waals surface area contributed by atoms with Crippen LogP contribution in [0.3, 0.4) is 0 Å². The molecule has 16 heavy (non-hydrogen) atoms. The van der Waals surface area contributed by atoms with Gasteiger partial charge in [-0.05, 0) is 12.0 Å².